The fourth-order valence-corrected chi connectivity index (χ4v) is 3.62. The third-order valence-electron chi connectivity index (χ3n) is 5.46. The van der Waals surface area contributed by atoms with Crippen molar-refractivity contribution in [2.45, 2.75) is 0 Å². The van der Waals surface area contributed by atoms with Crippen LogP contribution in [0.15, 0.2) is 102 Å². The second kappa shape index (κ2) is 12.6. The van der Waals surface area contributed by atoms with Crippen molar-refractivity contribution in [1.82, 2.24) is 10.7 Å². The minimum absolute atomic E-state index is 0.242. The molecular weight excluding hydrogens is 482 g/mol. The van der Waals surface area contributed by atoms with Crippen LogP contribution in [0, 0.1) is 0 Å². The van der Waals surface area contributed by atoms with E-state index in [-0.39, 0.29) is 18.2 Å². The minimum Gasteiger partial charge on any atom is -0.493 e. The van der Waals surface area contributed by atoms with Gasteiger partial charge in [-0.2, -0.15) is 5.10 Å². The lowest BCUT2D eigenvalue weighted by Crippen LogP contribution is -2.35. The first-order chi connectivity index (χ1) is 18.5. The van der Waals surface area contributed by atoms with E-state index in [1.807, 2.05) is 60.7 Å². The number of methoxy groups -OCH3 is 1. The van der Waals surface area contributed by atoms with Crippen LogP contribution in [0.25, 0.3) is 16.8 Å². The molecule has 0 spiro atoms. The van der Waals surface area contributed by atoms with Gasteiger partial charge in [0.25, 0.3) is 11.8 Å². The fraction of sp³-hybridized carbons (Fsp3) is 0.0667. The Hall–Kier alpha value is -5.24. The molecule has 190 valence electrons. The van der Waals surface area contributed by atoms with Gasteiger partial charge in [0, 0.05) is 11.6 Å². The molecule has 0 saturated heterocycles. The number of hydrogen-bond acceptors (Lipinski definition) is 6. The van der Waals surface area contributed by atoms with Crippen molar-refractivity contribution in [3.63, 3.8) is 0 Å². The van der Waals surface area contributed by atoms with Gasteiger partial charge >= 0.3 is 5.97 Å². The third kappa shape index (κ3) is 6.92. The highest BCUT2D eigenvalue weighted by molar-refractivity contribution is 6.07. The van der Waals surface area contributed by atoms with E-state index in [0.29, 0.717) is 16.9 Å². The first-order valence-corrected chi connectivity index (χ1v) is 11.7. The summed E-state index contributed by atoms with van der Waals surface area (Å²) in [5, 5.41) is 8.27. The molecule has 2 amide bonds. The molecule has 0 radical (unpaired) electrons. The van der Waals surface area contributed by atoms with Crippen LogP contribution < -0.4 is 20.2 Å². The zero-order chi connectivity index (χ0) is 26.7. The Bertz CT molecular complexity index is 1510. The van der Waals surface area contributed by atoms with E-state index < -0.39 is 11.9 Å². The number of carbonyl (C=O) groups is 3. The summed E-state index contributed by atoms with van der Waals surface area (Å²) >= 11 is 0. The molecule has 8 heteroatoms. The molecule has 4 aromatic rings. The molecule has 0 aliphatic carbocycles. The number of rotatable bonds is 9. The summed E-state index contributed by atoms with van der Waals surface area (Å²) < 4.78 is 10.7. The molecule has 0 fully saturated rings. The number of benzene rings is 4. The standard InChI is InChI=1S/C30H25N3O5/c1-37-27-18-22(14-16-26(27)38-29(35)17-15-21-8-3-2-4-9-21)19-32-33-28(34)20-31-30(36)25-13-7-11-23-10-5-6-12-24(23)25/h2-19H,20H2,1H3,(H,31,36)(H,33,34)/b17-15+,32-19-. The normalized spacial score (nSPS) is 11.0. The Morgan fingerprint density at radius 3 is 2.42 bits per heavy atom. The largest absolute Gasteiger partial charge is 0.493 e. The van der Waals surface area contributed by atoms with Crippen molar-refractivity contribution in [2.24, 2.45) is 5.10 Å². The number of ether oxygens (including phenoxy) is 2. The maximum absolute atomic E-state index is 12.6. The second-order valence-corrected chi connectivity index (χ2v) is 8.08. The molecule has 0 heterocycles. The Balaban J connectivity index is 1.29. The quantitative estimate of drug-likeness (QED) is 0.115. The first-order valence-electron chi connectivity index (χ1n) is 11.7. The molecule has 0 saturated carbocycles. The predicted molar refractivity (Wildman–Crippen MR) is 146 cm³/mol. The number of carbonyl (C=O) groups excluding carboxylic acids is 3. The van der Waals surface area contributed by atoms with Crippen LogP contribution in [0.1, 0.15) is 21.5 Å². The van der Waals surface area contributed by atoms with Crippen molar-refractivity contribution in [3.05, 3.63) is 114 Å². The van der Waals surface area contributed by atoms with Gasteiger partial charge in [0.2, 0.25) is 0 Å². The highest BCUT2D eigenvalue weighted by atomic mass is 16.6. The summed E-state index contributed by atoms with van der Waals surface area (Å²) in [6.07, 6.45) is 4.40. The SMILES string of the molecule is COc1cc(/C=N\NC(=O)CNC(=O)c2cccc3ccccc23)ccc1OC(=O)/C=C/c1ccccc1. The Morgan fingerprint density at radius 1 is 0.842 bits per heavy atom. The van der Waals surface area contributed by atoms with Crippen LogP contribution in [0.2, 0.25) is 0 Å². The fourth-order valence-electron chi connectivity index (χ4n) is 3.62. The molecular formula is C30H25N3O5. The maximum atomic E-state index is 12.6. The molecule has 0 aromatic heterocycles. The molecule has 4 aromatic carbocycles. The third-order valence-corrected chi connectivity index (χ3v) is 5.46. The lowest BCUT2D eigenvalue weighted by molar-refractivity contribution is -0.129. The molecule has 0 bridgehead atoms. The topological polar surface area (TPSA) is 106 Å². The first kappa shape index (κ1) is 25.8. The van der Waals surface area contributed by atoms with Gasteiger partial charge in [0.1, 0.15) is 0 Å². The van der Waals surface area contributed by atoms with Crippen LogP contribution in [-0.4, -0.2) is 37.7 Å². The van der Waals surface area contributed by atoms with Crippen LogP contribution in [0.3, 0.4) is 0 Å². The number of nitrogens with zero attached hydrogens (tertiary/aromatic N) is 1. The van der Waals surface area contributed by atoms with E-state index in [1.54, 1.807) is 36.4 Å². The number of nitrogens with one attached hydrogen (secondary N) is 2. The van der Waals surface area contributed by atoms with Crippen molar-refractivity contribution < 1.29 is 23.9 Å². The Kier molecular flexibility index (Phi) is 8.60. The van der Waals surface area contributed by atoms with Gasteiger partial charge in [-0.3, -0.25) is 9.59 Å². The molecule has 0 aliphatic rings. The summed E-state index contributed by atoms with van der Waals surface area (Å²) in [6, 6.07) is 27.2. The van der Waals surface area contributed by atoms with Crippen molar-refractivity contribution in [1.29, 1.82) is 0 Å². The van der Waals surface area contributed by atoms with E-state index in [4.69, 9.17) is 9.47 Å². The average molecular weight is 508 g/mol. The van der Waals surface area contributed by atoms with Gasteiger partial charge in [-0.15, -0.1) is 0 Å². The van der Waals surface area contributed by atoms with Crippen molar-refractivity contribution in [3.8, 4) is 11.5 Å². The van der Waals surface area contributed by atoms with Crippen molar-refractivity contribution >= 4 is 40.8 Å². The van der Waals surface area contributed by atoms with E-state index in [2.05, 4.69) is 15.8 Å². The Morgan fingerprint density at radius 2 is 1.61 bits per heavy atom. The Labute approximate surface area is 219 Å². The number of esters is 1. The van der Waals surface area contributed by atoms with Crippen LogP contribution in [0.4, 0.5) is 0 Å². The summed E-state index contributed by atoms with van der Waals surface area (Å²) in [6.45, 7) is -0.242. The number of hydrazone groups is 1. The van der Waals surface area contributed by atoms with E-state index >= 15 is 0 Å². The zero-order valence-corrected chi connectivity index (χ0v) is 20.6. The van der Waals surface area contributed by atoms with E-state index in [9.17, 15) is 14.4 Å². The smallest absolute Gasteiger partial charge is 0.336 e. The maximum Gasteiger partial charge on any atom is 0.336 e. The molecule has 38 heavy (non-hydrogen) atoms. The van der Waals surface area contributed by atoms with Gasteiger partial charge < -0.3 is 14.8 Å². The molecule has 0 aliphatic heterocycles. The van der Waals surface area contributed by atoms with Crippen LogP contribution in [0.5, 0.6) is 11.5 Å². The van der Waals surface area contributed by atoms with Crippen LogP contribution >= 0.6 is 0 Å². The zero-order valence-electron chi connectivity index (χ0n) is 20.6. The lowest BCUT2D eigenvalue weighted by Gasteiger charge is -2.09. The molecule has 4 rings (SSSR count). The minimum atomic E-state index is -0.550. The molecule has 2 N–H and O–H groups in total. The average Bonchev–Trinajstić information content (AvgIpc) is 2.95. The van der Waals surface area contributed by atoms with Crippen molar-refractivity contribution in [2.75, 3.05) is 13.7 Å². The second-order valence-electron chi connectivity index (χ2n) is 8.08. The van der Waals surface area contributed by atoms with Gasteiger partial charge in [-0.25, -0.2) is 10.2 Å². The number of amides is 2. The van der Waals surface area contributed by atoms with E-state index in [0.717, 1.165) is 16.3 Å². The summed E-state index contributed by atoms with van der Waals surface area (Å²) in [7, 11) is 1.45. The summed E-state index contributed by atoms with van der Waals surface area (Å²) in [5.74, 6) is -0.824. The molecule has 0 atom stereocenters. The number of fused-ring (bicyclic) bond motifs is 1. The molecule has 0 unspecified atom stereocenters. The van der Waals surface area contributed by atoms with Gasteiger partial charge in [0.15, 0.2) is 11.5 Å². The van der Waals surface area contributed by atoms with E-state index in [1.165, 1.54) is 19.4 Å². The molecule has 8 nitrogen and oxygen atoms in total. The highest BCUT2D eigenvalue weighted by Gasteiger charge is 2.11. The lowest BCUT2D eigenvalue weighted by atomic mass is 10.0. The number of hydrogen-bond donors (Lipinski definition) is 2. The predicted octanol–water partition coefficient (Wildman–Crippen LogP) is 4.35. The summed E-state index contributed by atoms with van der Waals surface area (Å²) in [5.41, 5.74) is 4.33. The van der Waals surface area contributed by atoms with Crippen LogP contribution in [-0.2, 0) is 9.59 Å². The van der Waals surface area contributed by atoms with Gasteiger partial charge in [0.05, 0.1) is 19.9 Å². The monoisotopic (exact) mass is 507 g/mol. The summed E-state index contributed by atoms with van der Waals surface area (Å²) in [4.78, 5) is 36.9. The van der Waals surface area contributed by atoms with Gasteiger partial charge in [-0.05, 0) is 52.2 Å². The highest BCUT2D eigenvalue weighted by Crippen LogP contribution is 2.28. The van der Waals surface area contributed by atoms with Gasteiger partial charge in [-0.1, -0.05) is 66.7 Å².